The molecule has 0 spiro atoms. The summed E-state index contributed by atoms with van der Waals surface area (Å²) < 4.78 is 11.3. The Balaban J connectivity index is 4.60. The highest BCUT2D eigenvalue weighted by atomic mass is 28.4. The normalized spacial score (nSPS) is 13.8. The summed E-state index contributed by atoms with van der Waals surface area (Å²) in [4.78, 5) is 2.35. The molecule has 4 heteroatoms. The van der Waals surface area contributed by atoms with E-state index in [0.717, 1.165) is 19.6 Å². The van der Waals surface area contributed by atoms with E-state index in [-0.39, 0.29) is 0 Å². The summed E-state index contributed by atoms with van der Waals surface area (Å²) in [6.45, 7) is 15.9. The van der Waals surface area contributed by atoms with Gasteiger partial charge in [0.15, 0.2) is 0 Å². The zero-order chi connectivity index (χ0) is 12.8. The monoisotopic (exact) mass is 245 g/mol. The van der Waals surface area contributed by atoms with Crippen molar-refractivity contribution < 1.29 is 9.16 Å². The summed E-state index contributed by atoms with van der Waals surface area (Å²) >= 11 is 0. The number of ether oxygens (including phenoxy) is 1. The van der Waals surface area contributed by atoms with Gasteiger partial charge in [0.05, 0.1) is 7.11 Å². The van der Waals surface area contributed by atoms with Crippen LogP contribution < -0.4 is 0 Å². The number of rotatable bonds is 7. The van der Waals surface area contributed by atoms with Gasteiger partial charge in [-0.1, -0.05) is 13.8 Å². The predicted molar refractivity (Wildman–Crippen MR) is 71.9 cm³/mol. The van der Waals surface area contributed by atoms with Crippen molar-refractivity contribution in [3.63, 3.8) is 0 Å². The Morgan fingerprint density at radius 3 is 1.94 bits per heavy atom. The third kappa shape index (κ3) is 6.18. The van der Waals surface area contributed by atoms with Gasteiger partial charge in [0.25, 0.3) is 5.95 Å². The lowest BCUT2D eigenvalue weighted by Gasteiger charge is -2.24. The van der Waals surface area contributed by atoms with Crippen LogP contribution in [0, 0.1) is 0 Å². The smallest absolute Gasteiger partial charge is 0.265 e. The van der Waals surface area contributed by atoms with Crippen LogP contribution >= 0.6 is 0 Å². The van der Waals surface area contributed by atoms with Crippen molar-refractivity contribution >= 4 is 8.32 Å². The van der Waals surface area contributed by atoms with Crippen molar-refractivity contribution in [2.45, 2.75) is 40.4 Å². The molecular weight excluding hydrogens is 218 g/mol. The molecule has 0 aliphatic heterocycles. The SMILES string of the molecule is CCN(CC)CC(C)=C(OC)O[Si](C)(C)C. The first-order valence-electron chi connectivity index (χ1n) is 5.99. The molecule has 0 unspecified atom stereocenters. The summed E-state index contributed by atoms with van der Waals surface area (Å²) in [5.74, 6) is 0.714. The van der Waals surface area contributed by atoms with Gasteiger partial charge in [0, 0.05) is 12.1 Å². The zero-order valence-electron chi connectivity index (χ0n) is 11.9. The molecule has 0 aliphatic rings. The maximum atomic E-state index is 5.91. The first-order valence-corrected chi connectivity index (χ1v) is 9.40. The third-order valence-electron chi connectivity index (χ3n) is 2.29. The fourth-order valence-electron chi connectivity index (χ4n) is 1.43. The van der Waals surface area contributed by atoms with Crippen LogP contribution in [0.2, 0.25) is 19.6 Å². The standard InChI is InChI=1S/C12H27NO2Si/c1-8-13(9-2)10-11(3)12(14-4)15-16(5,6)7/h8-10H2,1-7H3. The number of likely N-dealkylation sites (N-methyl/N-ethyl adjacent to an activating group) is 1. The maximum Gasteiger partial charge on any atom is 0.265 e. The topological polar surface area (TPSA) is 21.7 Å². The molecule has 0 aromatic heterocycles. The molecule has 0 bridgehead atoms. The van der Waals surface area contributed by atoms with Gasteiger partial charge in [0.1, 0.15) is 0 Å². The van der Waals surface area contributed by atoms with E-state index in [1.807, 2.05) is 0 Å². The fourth-order valence-corrected chi connectivity index (χ4v) is 2.24. The molecule has 0 radical (unpaired) electrons. The minimum atomic E-state index is -1.58. The molecule has 0 saturated carbocycles. The second kappa shape index (κ2) is 6.96. The molecule has 0 N–H and O–H groups in total. The van der Waals surface area contributed by atoms with E-state index in [1.54, 1.807) is 7.11 Å². The number of methoxy groups -OCH3 is 1. The van der Waals surface area contributed by atoms with Gasteiger partial charge in [-0.05, 0) is 39.7 Å². The zero-order valence-corrected chi connectivity index (χ0v) is 12.9. The van der Waals surface area contributed by atoms with Gasteiger partial charge in [0.2, 0.25) is 8.32 Å². The first kappa shape index (κ1) is 15.5. The van der Waals surface area contributed by atoms with E-state index in [4.69, 9.17) is 9.16 Å². The summed E-state index contributed by atoms with van der Waals surface area (Å²) in [6.07, 6.45) is 0. The van der Waals surface area contributed by atoms with Crippen LogP contribution in [0.1, 0.15) is 20.8 Å². The van der Waals surface area contributed by atoms with Gasteiger partial charge in [-0.3, -0.25) is 4.90 Å². The van der Waals surface area contributed by atoms with Crippen LogP contribution in [0.3, 0.4) is 0 Å². The average Bonchev–Trinajstić information content (AvgIpc) is 2.20. The molecule has 0 aliphatic carbocycles. The molecule has 3 nitrogen and oxygen atoms in total. The second-order valence-corrected chi connectivity index (χ2v) is 9.38. The van der Waals surface area contributed by atoms with Crippen LogP contribution in [0.4, 0.5) is 0 Å². The minimum absolute atomic E-state index is 0.714. The van der Waals surface area contributed by atoms with E-state index >= 15 is 0 Å². The van der Waals surface area contributed by atoms with Gasteiger partial charge in [-0.15, -0.1) is 0 Å². The molecule has 0 fully saturated rings. The quantitative estimate of drug-likeness (QED) is 0.508. The van der Waals surface area contributed by atoms with E-state index in [1.165, 1.54) is 5.57 Å². The summed E-state index contributed by atoms with van der Waals surface area (Å²) in [5, 5.41) is 0. The highest BCUT2D eigenvalue weighted by molar-refractivity contribution is 6.70. The first-order chi connectivity index (χ1) is 7.34. The van der Waals surface area contributed by atoms with Crippen LogP contribution in [0.5, 0.6) is 0 Å². The van der Waals surface area contributed by atoms with Gasteiger partial charge in [-0.2, -0.15) is 0 Å². The number of hydrogen-bond acceptors (Lipinski definition) is 3. The minimum Gasteiger partial charge on any atom is -0.520 e. The lowest BCUT2D eigenvalue weighted by Crippen LogP contribution is -2.29. The van der Waals surface area contributed by atoms with Crippen molar-refractivity contribution in [3.8, 4) is 0 Å². The Morgan fingerprint density at radius 1 is 1.12 bits per heavy atom. The number of hydrogen-bond donors (Lipinski definition) is 0. The molecule has 0 atom stereocenters. The molecule has 0 aromatic carbocycles. The molecule has 0 saturated heterocycles. The molecular formula is C12H27NO2Si. The number of nitrogens with zero attached hydrogens (tertiary/aromatic N) is 1. The molecule has 0 rings (SSSR count). The fraction of sp³-hybridized carbons (Fsp3) is 0.833. The van der Waals surface area contributed by atoms with Gasteiger partial charge < -0.3 is 9.16 Å². The van der Waals surface area contributed by atoms with Crippen molar-refractivity contribution in [1.82, 2.24) is 4.90 Å². The van der Waals surface area contributed by atoms with Crippen molar-refractivity contribution in [3.05, 3.63) is 11.5 Å². The molecule has 0 heterocycles. The Morgan fingerprint density at radius 2 is 1.62 bits per heavy atom. The molecule has 0 amide bonds. The lowest BCUT2D eigenvalue weighted by atomic mass is 10.3. The predicted octanol–water partition coefficient (Wildman–Crippen LogP) is 3.06. The molecule has 96 valence electrons. The Hall–Kier alpha value is -0.483. The molecule has 0 aromatic rings. The Kier molecular flexibility index (Phi) is 6.75. The van der Waals surface area contributed by atoms with Crippen molar-refractivity contribution in [1.29, 1.82) is 0 Å². The van der Waals surface area contributed by atoms with Gasteiger partial charge in [-0.25, -0.2) is 0 Å². The second-order valence-electron chi connectivity index (χ2n) is 4.95. The average molecular weight is 245 g/mol. The third-order valence-corrected chi connectivity index (χ3v) is 3.09. The van der Waals surface area contributed by atoms with Crippen LogP contribution in [-0.4, -0.2) is 40.0 Å². The maximum absolute atomic E-state index is 5.91. The summed E-state index contributed by atoms with van der Waals surface area (Å²) in [7, 11) is 0.105. The van der Waals surface area contributed by atoms with Crippen LogP contribution in [0.25, 0.3) is 0 Å². The van der Waals surface area contributed by atoms with Gasteiger partial charge >= 0.3 is 0 Å². The van der Waals surface area contributed by atoms with E-state index < -0.39 is 8.32 Å². The Bertz CT molecular complexity index is 230. The Labute approximate surface area is 102 Å². The highest BCUT2D eigenvalue weighted by Crippen LogP contribution is 2.15. The lowest BCUT2D eigenvalue weighted by molar-refractivity contribution is 0.138. The van der Waals surface area contributed by atoms with Crippen LogP contribution in [0.15, 0.2) is 11.5 Å². The largest absolute Gasteiger partial charge is 0.520 e. The van der Waals surface area contributed by atoms with E-state index in [2.05, 4.69) is 45.3 Å². The van der Waals surface area contributed by atoms with E-state index in [9.17, 15) is 0 Å². The van der Waals surface area contributed by atoms with Crippen LogP contribution in [-0.2, 0) is 9.16 Å². The van der Waals surface area contributed by atoms with Crippen molar-refractivity contribution in [2.75, 3.05) is 26.7 Å². The van der Waals surface area contributed by atoms with Crippen molar-refractivity contribution in [2.24, 2.45) is 0 Å². The van der Waals surface area contributed by atoms with E-state index in [0.29, 0.717) is 5.95 Å². The summed E-state index contributed by atoms with van der Waals surface area (Å²) in [6, 6.07) is 0. The summed E-state index contributed by atoms with van der Waals surface area (Å²) in [5.41, 5.74) is 1.17. The molecule has 16 heavy (non-hydrogen) atoms. The highest BCUT2D eigenvalue weighted by Gasteiger charge is 2.20.